The van der Waals surface area contributed by atoms with Crippen molar-refractivity contribution >= 4 is 23.3 Å². The largest absolute Gasteiger partial charge is 0.573 e. The number of ether oxygens (including phenoxy) is 1. The fourth-order valence-electron chi connectivity index (χ4n) is 4.69. The van der Waals surface area contributed by atoms with Crippen LogP contribution in [0.5, 0.6) is 5.75 Å². The number of nitrogens with zero attached hydrogens (tertiary/aromatic N) is 4. The first-order valence-electron chi connectivity index (χ1n) is 12.8. The number of alkyl halides is 3. The molecule has 2 aromatic heterocycles. The van der Waals surface area contributed by atoms with Crippen molar-refractivity contribution in [1.29, 1.82) is 0 Å². The number of halogens is 3. The molecule has 210 valence electrons. The lowest BCUT2D eigenvalue weighted by molar-refractivity contribution is -0.274. The van der Waals surface area contributed by atoms with Gasteiger partial charge in [-0.15, -0.1) is 13.2 Å². The van der Waals surface area contributed by atoms with Crippen molar-refractivity contribution in [1.82, 2.24) is 14.9 Å². The molecule has 1 aliphatic rings. The van der Waals surface area contributed by atoms with Crippen LogP contribution in [-0.4, -0.2) is 52.7 Å². The van der Waals surface area contributed by atoms with Crippen molar-refractivity contribution in [2.45, 2.75) is 19.8 Å². The lowest BCUT2D eigenvalue weighted by atomic mass is 9.96. The number of aromatic nitrogens is 2. The van der Waals surface area contributed by atoms with Gasteiger partial charge < -0.3 is 10.1 Å². The summed E-state index contributed by atoms with van der Waals surface area (Å²) in [5.41, 5.74) is 3.96. The van der Waals surface area contributed by atoms with E-state index in [-0.39, 0.29) is 24.1 Å². The number of carbonyl (C=O) groups is 2. The molecule has 3 heterocycles. The van der Waals surface area contributed by atoms with E-state index in [4.69, 9.17) is 0 Å². The Bertz CT molecular complexity index is 1530. The Morgan fingerprint density at radius 3 is 2.41 bits per heavy atom. The molecular weight excluding hydrogens is 535 g/mol. The number of benzene rings is 2. The zero-order chi connectivity index (χ0) is 29.0. The third kappa shape index (κ3) is 6.87. The maximum Gasteiger partial charge on any atom is 0.573 e. The van der Waals surface area contributed by atoms with E-state index in [2.05, 4.69) is 24.9 Å². The molecule has 11 heteroatoms. The zero-order valence-corrected chi connectivity index (χ0v) is 22.1. The van der Waals surface area contributed by atoms with Gasteiger partial charge in [0.05, 0.1) is 18.4 Å². The zero-order valence-electron chi connectivity index (χ0n) is 22.1. The molecule has 0 atom stereocenters. The lowest BCUT2D eigenvalue weighted by Gasteiger charge is -2.33. The average molecular weight is 562 g/mol. The number of rotatable bonds is 7. The number of nitrogens with one attached hydrogen (secondary N) is 1. The van der Waals surface area contributed by atoms with E-state index < -0.39 is 6.36 Å². The molecule has 0 aliphatic carbocycles. The molecule has 41 heavy (non-hydrogen) atoms. The van der Waals surface area contributed by atoms with Gasteiger partial charge >= 0.3 is 6.36 Å². The first kappa shape index (κ1) is 27.8. The highest BCUT2D eigenvalue weighted by molar-refractivity contribution is 6.06. The van der Waals surface area contributed by atoms with E-state index in [0.717, 1.165) is 5.56 Å². The van der Waals surface area contributed by atoms with Crippen LogP contribution in [0.2, 0.25) is 0 Å². The molecule has 1 N–H and O–H groups in total. The molecule has 1 aliphatic heterocycles. The first-order chi connectivity index (χ1) is 19.7. The number of anilines is 2. The van der Waals surface area contributed by atoms with Crippen LogP contribution in [0.25, 0.3) is 11.1 Å². The van der Waals surface area contributed by atoms with Crippen molar-refractivity contribution < 1.29 is 27.5 Å². The molecule has 2 aromatic carbocycles. The number of pyridine rings is 2. The minimum atomic E-state index is -4.77. The SMILES string of the molecule is Cc1c(C(=O)Nc2ccc(N3CCN(Cc4ccncc4)CC3=O)nc2)cccc1-c1ccc(OC(F)(F)F)cc1. The van der Waals surface area contributed by atoms with Crippen LogP contribution in [0.3, 0.4) is 0 Å². The van der Waals surface area contributed by atoms with E-state index in [1.54, 1.807) is 54.5 Å². The Balaban J connectivity index is 1.22. The Labute approximate surface area is 234 Å². The molecule has 0 bridgehead atoms. The van der Waals surface area contributed by atoms with Gasteiger partial charge in [-0.05, 0) is 71.6 Å². The van der Waals surface area contributed by atoms with Gasteiger partial charge in [-0.1, -0.05) is 24.3 Å². The summed E-state index contributed by atoms with van der Waals surface area (Å²) in [6.45, 7) is 3.90. The molecular formula is C30H26F3N5O3. The highest BCUT2D eigenvalue weighted by atomic mass is 19.4. The third-order valence-corrected chi connectivity index (χ3v) is 6.71. The molecule has 0 radical (unpaired) electrons. The Morgan fingerprint density at radius 1 is 1.00 bits per heavy atom. The van der Waals surface area contributed by atoms with Gasteiger partial charge in [-0.3, -0.25) is 24.4 Å². The highest BCUT2D eigenvalue weighted by Crippen LogP contribution is 2.30. The Morgan fingerprint density at radius 2 is 1.76 bits per heavy atom. The van der Waals surface area contributed by atoms with Gasteiger partial charge in [0, 0.05) is 37.6 Å². The van der Waals surface area contributed by atoms with Gasteiger partial charge in [-0.2, -0.15) is 0 Å². The van der Waals surface area contributed by atoms with Crippen LogP contribution in [0, 0.1) is 6.92 Å². The molecule has 0 spiro atoms. The minimum absolute atomic E-state index is 0.0555. The van der Waals surface area contributed by atoms with E-state index in [9.17, 15) is 22.8 Å². The van der Waals surface area contributed by atoms with Crippen molar-refractivity contribution in [2.75, 3.05) is 29.9 Å². The fraction of sp³-hybridized carbons (Fsp3) is 0.200. The number of hydrogen-bond donors (Lipinski definition) is 1. The minimum Gasteiger partial charge on any atom is -0.406 e. The number of amides is 2. The van der Waals surface area contributed by atoms with Crippen molar-refractivity contribution in [3.63, 3.8) is 0 Å². The van der Waals surface area contributed by atoms with E-state index >= 15 is 0 Å². The highest BCUT2D eigenvalue weighted by Gasteiger charge is 2.31. The normalized spacial score (nSPS) is 14.1. The molecule has 0 saturated carbocycles. The van der Waals surface area contributed by atoms with Gasteiger partial charge in [-0.25, -0.2) is 4.98 Å². The van der Waals surface area contributed by atoms with E-state index in [1.807, 2.05) is 12.1 Å². The second-order valence-electron chi connectivity index (χ2n) is 9.52. The van der Waals surface area contributed by atoms with Crippen LogP contribution in [0.4, 0.5) is 24.7 Å². The number of piperazine rings is 1. The van der Waals surface area contributed by atoms with Gasteiger partial charge in [0.15, 0.2) is 0 Å². The van der Waals surface area contributed by atoms with E-state index in [1.165, 1.54) is 30.5 Å². The molecule has 0 unspecified atom stereocenters. The maximum absolute atomic E-state index is 13.1. The van der Waals surface area contributed by atoms with Crippen molar-refractivity contribution in [3.8, 4) is 16.9 Å². The quantitative estimate of drug-likeness (QED) is 0.323. The average Bonchev–Trinajstić information content (AvgIpc) is 2.94. The Hall–Kier alpha value is -4.77. The summed E-state index contributed by atoms with van der Waals surface area (Å²) < 4.78 is 41.4. The van der Waals surface area contributed by atoms with Gasteiger partial charge in [0.25, 0.3) is 5.91 Å². The van der Waals surface area contributed by atoms with Crippen molar-refractivity contribution in [2.24, 2.45) is 0 Å². The second-order valence-corrected chi connectivity index (χ2v) is 9.52. The summed E-state index contributed by atoms with van der Waals surface area (Å²) in [7, 11) is 0. The van der Waals surface area contributed by atoms with Crippen molar-refractivity contribution in [3.05, 3.63) is 102 Å². The third-order valence-electron chi connectivity index (χ3n) is 6.71. The van der Waals surface area contributed by atoms with Gasteiger partial charge in [0.2, 0.25) is 5.91 Å². The van der Waals surface area contributed by atoms with Crippen LogP contribution in [0.1, 0.15) is 21.5 Å². The van der Waals surface area contributed by atoms with Crippen LogP contribution in [0.15, 0.2) is 85.3 Å². The standard InChI is InChI=1S/C30H26F3N5O3/c1-20-25(22-5-8-24(9-6-22)41-30(31,32)33)3-2-4-26(20)29(40)36-23-7-10-27(35-17-23)38-16-15-37(19-28(38)39)18-21-11-13-34-14-12-21/h2-14,17H,15-16,18-19H2,1H3,(H,36,40). The Kier molecular flexibility index (Phi) is 7.97. The monoisotopic (exact) mass is 561 g/mol. The van der Waals surface area contributed by atoms with E-state index in [0.29, 0.717) is 53.4 Å². The smallest absolute Gasteiger partial charge is 0.406 e. The predicted octanol–water partition coefficient (Wildman–Crippen LogP) is 5.45. The summed E-state index contributed by atoms with van der Waals surface area (Å²) in [5.74, 6) is -0.235. The summed E-state index contributed by atoms with van der Waals surface area (Å²) >= 11 is 0. The summed E-state index contributed by atoms with van der Waals surface area (Å²) in [6.07, 6.45) is 0.194. The maximum atomic E-state index is 13.1. The molecule has 1 fully saturated rings. The lowest BCUT2D eigenvalue weighted by Crippen LogP contribution is -2.50. The molecule has 8 nitrogen and oxygen atoms in total. The number of carbonyl (C=O) groups excluding carboxylic acids is 2. The second kappa shape index (κ2) is 11.8. The van der Waals surface area contributed by atoms with Crippen LogP contribution < -0.4 is 15.0 Å². The topological polar surface area (TPSA) is 87.7 Å². The molecule has 1 saturated heterocycles. The van der Waals surface area contributed by atoms with Gasteiger partial charge in [0.1, 0.15) is 11.6 Å². The molecule has 2 amide bonds. The molecule has 4 aromatic rings. The first-order valence-corrected chi connectivity index (χ1v) is 12.8. The fourth-order valence-corrected chi connectivity index (χ4v) is 4.69. The summed E-state index contributed by atoms with van der Waals surface area (Å²) in [4.78, 5) is 38.0. The summed E-state index contributed by atoms with van der Waals surface area (Å²) in [5, 5.41) is 2.83. The van der Waals surface area contributed by atoms with Crippen LogP contribution >= 0.6 is 0 Å². The predicted molar refractivity (Wildman–Crippen MR) is 147 cm³/mol. The summed E-state index contributed by atoms with van der Waals surface area (Å²) in [6, 6.07) is 17.9. The number of hydrogen-bond acceptors (Lipinski definition) is 6. The van der Waals surface area contributed by atoms with Crippen LogP contribution in [-0.2, 0) is 11.3 Å². The molecule has 5 rings (SSSR count).